The van der Waals surface area contributed by atoms with Crippen LogP contribution in [-0.4, -0.2) is 9.97 Å². The summed E-state index contributed by atoms with van der Waals surface area (Å²) < 4.78 is 12.9. The minimum absolute atomic E-state index is 0.341. The molecule has 60 valence electrons. The third-order valence-corrected chi connectivity index (χ3v) is 1.69. The number of nitrogens with zero attached hydrogens (tertiary/aromatic N) is 2. The maximum Gasteiger partial charge on any atom is 0.234 e. The highest BCUT2D eigenvalue weighted by molar-refractivity contribution is 5.73. The molecule has 0 saturated carbocycles. The van der Waals surface area contributed by atoms with Crippen LogP contribution in [0.4, 0.5) is 4.39 Å². The van der Waals surface area contributed by atoms with Crippen molar-refractivity contribution < 1.29 is 4.39 Å². The van der Waals surface area contributed by atoms with Gasteiger partial charge in [0.1, 0.15) is 0 Å². The average molecular weight is 162 g/mol. The quantitative estimate of drug-likeness (QED) is 0.592. The van der Waals surface area contributed by atoms with E-state index in [4.69, 9.17) is 0 Å². The molecule has 0 fully saturated rings. The van der Waals surface area contributed by atoms with E-state index in [1.807, 2.05) is 18.2 Å². The molecule has 0 unspecified atom stereocenters. The standard InChI is InChI=1S/C9H7FN2/c1-6-9(10)12-8-5-3-2-4-7(8)11-6/h2-5H,1H3. The van der Waals surface area contributed by atoms with Gasteiger partial charge < -0.3 is 0 Å². The summed E-state index contributed by atoms with van der Waals surface area (Å²) in [5, 5.41) is 0. The van der Waals surface area contributed by atoms with E-state index in [0.717, 1.165) is 5.52 Å². The normalized spacial score (nSPS) is 10.5. The van der Waals surface area contributed by atoms with Crippen molar-refractivity contribution >= 4 is 11.0 Å². The van der Waals surface area contributed by atoms with Gasteiger partial charge in [-0.1, -0.05) is 12.1 Å². The number of para-hydroxylation sites is 2. The van der Waals surface area contributed by atoms with Crippen molar-refractivity contribution in [3.05, 3.63) is 35.9 Å². The molecule has 0 aliphatic rings. The molecule has 0 aliphatic heterocycles. The van der Waals surface area contributed by atoms with Crippen LogP contribution in [0.2, 0.25) is 0 Å². The fraction of sp³-hybridized carbons (Fsp3) is 0.111. The Bertz CT molecular complexity index is 385. The molecule has 0 bridgehead atoms. The zero-order valence-electron chi connectivity index (χ0n) is 6.58. The second kappa shape index (κ2) is 2.52. The number of hydrogen-bond donors (Lipinski definition) is 0. The van der Waals surface area contributed by atoms with E-state index in [2.05, 4.69) is 9.97 Å². The molecule has 1 aromatic carbocycles. The van der Waals surface area contributed by atoms with E-state index < -0.39 is 5.95 Å². The van der Waals surface area contributed by atoms with Crippen LogP contribution in [-0.2, 0) is 0 Å². The van der Waals surface area contributed by atoms with Gasteiger partial charge in [-0.05, 0) is 19.1 Å². The van der Waals surface area contributed by atoms with Crippen LogP contribution in [0.1, 0.15) is 5.69 Å². The highest BCUT2D eigenvalue weighted by atomic mass is 19.1. The molecule has 1 heterocycles. The molecule has 0 atom stereocenters. The average Bonchev–Trinajstić information content (AvgIpc) is 2.07. The molecule has 0 saturated heterocycles. The Balaban J connectivity index is 2.84. The molecule has 0 amide bonds. The molecule has 0 aliphatic carbocycles. The third kappa shape index (κ3) is 1.03. The molecule has 2 nitrogen and oxygen atoms in total. The Morgan fingerprint density at radius 2 is 1.67 bits per heavy atom. The molecular weight excluding hydrogens is 155 g/mol. The first kappa shape index (κ1) is 7.16. The summed E-state index contributed by atoms with van der Waals surface area (Å²) in [7, 11) is 0. The van der Waals surface area contributed by atoms with Gasteiger partial charge >= 0.3 is 0 Å². The highest BCUT2D eigenvalue weighted by Crippen LogP contribution is 2.10. The van der Waals surface area contributed by atoms with Gasteiger partial charge in [0.25, 0.3) is 0 Å². The first-order valence-electron chi connectivity index (χ1n) is 3.66. The van der Waals surface area contributed by atoms with Crippen LogP contribution in [0.5, 0.6) is 0 Å². The zero-order chi connectivity index (χ0) is 8.55. The van der Waals surface area contributed by atoms with E-state index in [1.54, 1.807) is 13.0 Å². The fourth-order valence-electron chi connectivity index (χ4n) is 1.07. The lowest BCUT2D eigenvalue weighted by molar-refractivity contribution is 0.572. The Morgan fingerprint density at radius 3 is 2.33 bits per heavy atom. The van der Waals surface area contributed by atoms with Crippen molar-refractivity contribution in [1.82, 2.24) is 9.97 Å². The topological polar surface area (TPSA) is 25.8 Å². The van der Waals surface area contributed by atoms with Crippen LogP contribution < -0.4 is 0 Å². The molecule has 0 N–H and O–H groups in total. The van der Waals surface area contributed by atoms with Gasteiger partial charge in [0.05, 0.1) is 16.7 Å². The summed E-state index contributed by atoms with van der Waals surface area (Å²) in [6.45, 7) is 1.61. The summed E-state index contributed by atoms with van der Waals surface area (Å²) >= 11 is 0. The van der Waals surface area contributed by atoms with Gasteiger partial charge in [0.2, 0.25) is 5.95 Å². The number of fused-ring (bicyclic) bond motifs is 1. The Labute approximate surface area is 69.1 Å². The van der Waals surface area contributed by atoms with Crippen molar-refractivity contribution in [2.24, 2.45) is 0 Å². The second-order valence-corrected chi connectivity index (χ2v) is 2.59. The lowest BCUT2D eigenvalue weighted by Gasteiger charge is -1.97. The van der Waals surface area contributed by atoms with Crippen molar-refractivity contribution in [1.29, 1.82) is 0 Å². The molecule has 1 aromatic heterocycles. The predicted octanol–water partition coefficient (Wildman–Crippen LogP) is 2.08. The maximum atomic E-state index is 12.9. The smallest absolute Gasteiger partial charge is 0.234 e. The van der Waals surface area contributed by atoms with E-state index >= 15 is 0 Å². The first-order chi connectivity index (χ1) is 5.77. The summed E-state index contributed by atoms with van der Waals surface area (Å²) in [6.07, 6.45) is 0. The Hall–Kier alpha value is -1.51. The van der Waals surface area contributed by atoms with E-state index in [0.29, 0.717) is 11.2 Å². The van der Waals surface area contributed by atoms with Gasteiger partial charge in [-0.2, -0.15) is 4.39 Å². The molecule has 2 rings (SSSR count). The molecule has 0 spiro atoms. The van der Waals surface area contributed by atoms with Crippen LogP contribution in [0.15, 0.2) is 24.3 Å². The number of rotatable bonds is 0. The fourth-order valence-corrected chi connectivity index (χ4v) is 1.07. The number of benzene rings is 1. The van der Waals surface area contributed by atoms with Crippen LogP contribution >= 0.6 is 0 Å². The summed E-state index contributed by atoms with van der Waals surface area (Å²) in [6, 6.07) is 7.22. The molecule has 12 heavy (non-hydrogen) atoms. The van der Waals surface area contributed by atoms with Crippen molar-refractivity contribution in [2.45, 2.75) is 6.92 Å². The van der Waals surface area contributed by atoms with E-state index in [9.17, 15) is 4.39 Å². The largest absolute Gasteiger partial charge is 0.247 e. The Kier molecular flexibility index (Phi) is 1.50. The first-order valence-corrected chi connectivity index (χ1v) is 3.66. The van der Waals surface area contributed by atoms with E-state index in [-0.39, 0.29) is 0 Å². The SMILES string of the molecule is Cc1nc2ccccc2nc1F. The number of halogens is 1. The number of hydrogen-bond acceptors (Lipinski definition) is 2. The maximum absolute atomic E-state index is 12.9. The zero-order valence-corrected chi connectivity index (χ0v) is 6.58. The van der Waals surface area contributed by atoms with Crippen molar-refractivity contribution in [3.8, 4) is 0 Å². The van der Waals surface area contributed by atoms with Crippen LogP contribution in [0.25, 0.3) is 11.0 Å². The lowest BCUT2D eigenvalue weighted by Crippen LogP contribution is -1.93. The van der Waals surface area contributed by atoms with Gasteiger partial charge in [-0.15, -0.1) is 0 Å². The van der Waals surface area contributed by atoms with Gasteiger partial charge in [0, 0.05) is 0 Å². The van der Waals surface area contributed by atoms with Crippen molar-refractivity contribution in [3.63, 3.8) is 0 Å². The molecule has 0 radical (unpaired) electrons. The summed E-state index contributed by atoms with van der Waals surface area (Å²) in [5.41, 5.74) is 1.67. The van der Waals surface area contributed by atoms with Crippen molar-refractivity contribution in [2.75, 3.05) is 0 Å². The van der Waals surface area contributed by atoms with Crippen LogP contribution in [0, 0.1) is 12.9 Å². The predicted molar refractivity (Wildman–Crippen MR) is 44.2 cm³/mol. The minimum Gasteiger partial charge on any atom is -0.247 e. The molecular formula is C9H7FN2. The van der Waals surface area contributed by atoms with Gasteiger partial charge in [-0.25, -0.2) is 9.97 Å². The Morgan fingerprint density at radius 1 is 1.08 bits per heavy atom. The number of aryl methyl sites for hydroxylation is 1. The highest BCUT2D eigenvalue weighted by Gasteiger charge is 2.01. The molecule has 2 aromatic rings. The summed E-state index contributed by atoms with van der Waals surface area (Å²) in [4.78, 5) is 7.78. The second-order valence-electron chi connectivity index (χ2n) is 2.59. The van der Waals surface area contributed by atoms with Crippen LogP contribution in [0.3, 0.4) is 0 Å². The minimum atomic E-state index is -0.492. The lowest BCUT2D eigenvalue weighted by atomic mass is 10.3. The van der Waals surface area contributed by atoms with Gasteiger partial charge in [0.15, 0.2) is 0 Å². The van der Waals surface area contributed by atoms with E-state index in [1.165, 1.54) is 0 Å². The number of aromatic nitrogens is 2. The summed E-state index contributed by atoms with van der Waals surface area (Å²) in [5.74, 6) is -0.492. The third-order valence-electron chi connectivity index (χ3n) is 1.69. The molecule has 3 heteroatoms. The monoisotopic (exact) mass is 162 g/mol. The van der Waals surface area contributed by atoms with Gasteiger partial charge in [-0.3, -0.25) is 0 Å².